The number of carbonyl (C=O) groups excluding carboxylic acids is 1. The lowest BCUT2D eigenvalue weighted by molar-refractivity contribution is 0.100. The van der Waals surface area contributed by atoms with Crippen LogP contribution in [0.4, 0.5) is 0 Å². The van der Waals surface area contributed by atoms with E-state index < -0.39 is 5.91 Å². The standard InChI is InChI=1S/C21H16BrN2O2/c22-15-4-1-3-13(9-15)11-24-18-6-2-5-17(21(23)26)20(18)16-8-7-14(12-25)10-19(16)24/h1-7,9-10,25H,11-12H2,(H2,23,26). The summed E-state index contributed by atoms with van der Waals surface area (Å²) in [7, 11) is 0. The van der Waals surface area contributed by atoms with Gasteiger partial charge in [0, 0.05) is 27.4 Å². The highest BCUT2D eigenvalue weighted by Gasteiger charge is 2.17. The molecule has 3 aromatic carbocycles. The number of hydrogen-bond donors (Lipinski definition) is 2. The largest absolute Gasteiger partial charge is 0.392 e. The van der Waals surface area contributed by atoms with Crippen LogP contribution in [-0.2, 0) is 13.2 Å². The lowest BCUT2D eigenvalue weighted by Crippen LogP contribution is -2.11. The maximum absolute atomic E-state index is 11.9. The second-order valence-electron chi connectivity index (χ2n) is 6.21. The molecule has 0 bridgehead atoms. The normalized spacial score (nSPS) is 11.3. The van der Waals surface area contributed by atoms with E-state index in [1.807, 2.05) is 30.3 Å². The van der Waals surface area contributed by atoms with E-state index in [1.165, 1.54) is 0 Å². The molecule has 4 nitrogen and oxygen atoms in total. The van der Waals surface area contributed by atoms with Crippen molar-refractivity contribution in [2.24, 2.45) is 5.73 Å². The van der Waals surface area contributed by atoms with E-state index in [1.54, 1.807) is 12.1 Å². The number of aliphatic hydroxyl groups is 1. The Kier molecular flexibility index (Phi) is 4.26. The predicted octanol–water partition coefficient (Wildman–Crippen LogP) is 4.00. The number of aliphatic hydroxyl groups excluding tert-OH is 1. The molecule has 129 valence electrons. The Morgan fingerprint density at radius 2 is 1.92 bits per heavy atom. The van der Waals surface area contributed by atoms with Crippen LogP contribution in [0.1, 0.15) is 21.5 Å². The minimum Gasteiger partial charge on any atom is -0.392 e. The first kappa shape index (κ1) is 16.8. The van der Waals surface area contributed by atoms with Gasteiger partial charge in [0.25, 0.3) is 0 Å². The lowest BCUT2D eigenvalue weighted by atomic mass is 10.0. The zero-order valence-electron chi connectivity index (χ0n) is 13.9. The third-order valence-electron chi connectivity index (χ3n) is 4.53. The molecule has 0 saturated heterocycles. The number of carbonyl (C=O) groups is 1. The molecule has 0 atom stereocenters. The molecule has 0 fully saturated rings. The van der Waals surface area contributed by atoms with Crippen LogP contribution in [0.25, 0.3) is 21.8 Å². The highest BCUT2D eigenvalue weighted by molar-refractivity contribution is 9.10. The van der Waals surface area contributed by atoms with Crippen LogP contribution in [0, 0.1) is 6.07 Å². The molecular weight excluding hydrogens is 392 g/mol. The molecule has 1 aromatic heterocycles. The van der Waals surface area contributed by atoms with E-state index in [0.29, 0.717) is 12.1 Å². The van der Waals surface area contributed by atoms with Crippen LogP contribution < -0.4 is 5.73 Å². The van der Waals surface area contributed by atoms with E-state index in [2.05, 4.69) is 38.7 Å². The first-order valence-corrected chi connectivity index (χ1v) is 8.98. The zero-order valence-corrected chi connectivity index (χ0v) is 15.5. The summed E-state index contributed by atoms with van der Waals surface area (Å²) in [6, 6.07) is 20.6. The number of amides is 1. The van der Waals surface area contributed by atoms with Crippen molar-refractivity contribution in [3.8, 4) is 0 Å². The molecular formula is C21H16BrN2O2. The number of rotatable bonds is 4. The molecule has 3 N–H and O–H groups in total. The van der Waals surface area contributed by atoms with Gasteiger partial charge in [-0.15, -0.1) is 0 Å². The van der Waals surface area contributed by atoms with Gasteiger partial charge in [-0.05, 0) is 53.6 Å². The molecule has 0 saturated carbocycles. The van der Waals surface area contributed by atoms with Crippen molar-refractivity contribution in [1.82, 2.24) is 4.57 Å². The average Bonchev–Trinajstić information content (AvgIpc) is 2.95. The summed E-state index contributed by atoms with van der Waals surface area (Å²) >= 11 is 3.51. The highest BCUT2D eigenvalue weighted by Crippen LogP contribution is 2.33. The van der Waals surface area contributed by atoms with Crippen molar-refractivity contribution in [1.29, 1.82) is 0 Å². The number of benzene rings is 3. The summed E-state index contributed by atoms with van der Waals surface area (Å²) < 4.78 is 3.14. The van der Waals surface area contributed by atoms with E-state index >= 15 is 0 Å². The van der Waals surface area contributed by atoms with Crippen LogP contribution in [0.3, 0.4) is 0 Å². The number of primary amides is 1. The molecule has 1 heterocycles. The number of fused-ring (bicyclic) bond motifs is 3. The second kappa shape index (κ2) is 6.59. The number of halogens is 1. The number of hydrogen-bond acceptors (Lipinski definition) is 2. The van der Waals surface area contributed by atoms with Gasteiger partial charge in [0.1, 0.15) is 0 Å². The molecule has 0 unspecified atom stereocenters. The minimum atomic E-state index is -0.461. The molecule has 4 rings (SSSR count). The van der Waals surface area contributed by atoms with Crippen LogP contribution in [0.2, 0.25) is 0 Å². The molecule has 0 aliphatic rings. The lowest BCUT2D eigenvalue weighted by Gasteiger charge is -2.09. The molecule has 0 aliphatic heterocycles. The second-order valence-corrected chi connectivity index (χ2v) is 7.12. The Bertz CT molecular complexity index is 1150. The average molecular weight is 408 g/mol. The van der Waals surface area contributed by atoms with Gasteiger partial charge in [-0.3, -0.25) is 4.79 Å². The Labute approximate surface area is 159 Å². The van der Waals surface area contributed by atoms with Gasteiger partial charge in [-0.1, -0.05) is 34.1 Å². The summed E-state index contributed by atoms with van der Waals surface area (Å²) in [5.74, 6) is -0.461. The first-order valence-electron chi connectivity index (χ1n) is 8.19. The molecule has 1 amide bonds. The van der Waals surface area contributed by atoms with Crippen molar-refractivity contribution in [3.63, 3.8) is 0 Å². The van der Waals surface area contributed by atoms with Gasteiger partial charge in [-0.25, -0.2) is 0 Å². The Morgan fingerprint density at radius 1 is 1.12 bits per heavy atom. The van der Waals surface area contributed by atoms with Gasteiger partial charge < -0.3 is 15.4 Å². The molecule has 26 heavy (non-hydrogen) atoms. The molecule has 4 aromatic rings. The fraction of sp³-hybridized carbons (Fsp3) is 0.0952. The summed E-state index contributed by atoms with van der Waals surface area (Å²) in [6.07, 6.45) is 0. The van der Waals surface area contributed by atoms with E-state index in [-0.39, 0.29) is 6.61 Å². The van der Waals surface area contributed by atoms with Gasteiger partial charge in [-0.2, -0.15) is 0 Å². The Balaban J connectivity index is 2.05. The third-order valence-corrected chi connectivity index (χ3v) is 5.03. The minimum absolute atomic E-state index is 0.0620. The molecule has 1 radical (unpaired) electrons. The third kappa shape index (κ3) is 2.79. The predicted molar refractivity (Wildman–Crippen MR) is 106 cm³/mol. The quantitative estimate of drug-likeness (QED) is 0.536. The van der Waals surface area contributed by atoms with Crippen LogP contribution in [0.15, 0.2) is 59.1 Å². The monoisotopic (exact) mass is 407 g/mol. The Hall–Kier alpha value is -2.63. The van der Waals surface area contributed by atoms with Crippen molar-refractivity contribution in [3.05, 3.63) is 81.8 Å². The molecule has 0 spiro atoms. The topological polar surface area (TPSA) is 68.2 Å². The van der Waals surface area contributed by atoms with Crippen LogP contribution in [-0.4, -0.2) is 15.6 Å². The molecule has 5 heteroatoms. The van der Waals surface area contributed by atoms with Gasteiger partial charge in [0.15, 0.2) is 0 Å². The maximum Gasteiger partial charge on any atom is 0.249 e. The summed E-state index contributed by atoms with van der Waals surface area (Å²) in [5, 5.41) is 11.2. The summed E-state index contributed by atoms with van der Waals surface area (Å²) in [5.41, 5.74) is 9.81. The molecule has 0 aliphatic carbocycles. The zero-order chi connectivity index (χ0) is 18.3. The van der Waals surface area contributed by atoms with Crippen molar-refractivity contribution in [2.75, 3.05) is 0 Å². The van der Waals surface area contributed by atoms with E-state index in [9.17, 15) is 9.90 Å². The van der Waals surface area contributed by atoms with E-state index in [0.717, 1.165) is 37.4 Å². The van der Waals surface area contributed by atoms with Crippen molar-refractivity contribution < 1.29 is 9.90 Å². The smallest absolute Gasteiger partial charge is 0.249 e. The highest BCUT2D eigenvalue weighted by atomic mass is 79.9. The van der Waals surface area contributed by atoms with Crippen molar-refractivity contribution in [2.45, 2.75) is 13.2 Å². The number of nitrogens with zero attached hydrogens (tertiary/aromatic N) is 1. The van der Waals surface area contributed by atoms with Gasteiger partial charge >= 0.3 is 0 Å². The maximum atomic E-state index is 11.9. The van der Waals surface area contributed by atoms with Crippen LogP contribution in [0.5, 0.6) is 0 Å². The Morgan fingerprint density at radius 3 is 2.65 bits per heavy atom. The SMILES string of the molecule is NC(=O)c1cccc2c1c1[c]cc(CO)cc1n2Cc1cccc(Br)c1. The number of nitrogens with two attached hydrogens (primary N) is 1. The fourth-order valence-corrected chi connectivity index (χ4v) is 3.83. The fourth-order valence-electron chi connectivity index (χ4n) is 3.38. The number of aromatic nitrogens is 1. The van der Waals surface area contributed by atoms with E-state index in [4.69, 9.17) is 5.73 Å². The summed E-state index contributed by atoms with van der Waals surface area (Å²) in [4.78, 5) is 11.9. The summed E-state index contributed by atoms with van der Waals surface area (Å²) in [6.45, 7) is 0.567. The van der Waals surface area contributed by atoms with Crippen LogP contribution >= 0.6 is 15.9 Å². The van der Waals surface area contributed by atoms with Gasteiger partial charge in [0.05, 0.1) is 17.6 Å². The van der Waals surface area contributed by atoms with Gasteiger partial charge in [0.2, 0.25) is 5.91 Å². The first-order chi connectivity index (χ1) is 12.6. The van der Waals surface area contributed by atoms with Crippen molar-refractivity contribution >= 4 is 43.6 Å².